The maximum Gasteiger partial charge on any atom is 0.221 e. The zero-order valence-corrected chi connectivity index (χ0v) is 10.4. The van der Waals surface area contributed by atoms with E-state index in [-0.39, 0.29) is 5.91 Å². The lowest BCUT2D eigenvalue weighted by Crippen LogP contribution is -2.49. The first-order valence-electron chi connectivity index (χ1n) is 6.34. The van der Waals surface area contributed by atoms with Gasteiger partial charge < -0.3 is 5.32 Å². The van der Waals surface area contributed by atoms with Crippen molar-refractivity contribution in [3.63, 3.8) is 0 Å². The fourth-order valence-corrected chi connectivity index (χ4v) is 2.19. The molecule has 0 atom stereocenters. The summed E-state index contributed by atoms with van der Waals surface area (Å²) in [5.41, 5.74) is -0.572. The highest BCUT2D eigenvalue weighted by molar-refractivity contribution is 5.77. The second-order valence-corrected chi connectivity index (χ2v) is 5.03. The Kier molecular flexibility index (Phi) is 4.79. The predicted octanol–water partition coefficient (Wildman–Crippen LogP) is 2.77. The van der Waals surface area contributed by atoms with Gasteiger partial charge in [-0.25, -0.2) is 0 Å². The van der Waals surface area contributed by atoms with Gasteiger partial charge in [0.15, 0.2) is 0 Å². The fourth-order valence-electron chi connectivity index (χ4n) is 2.19. The molecule has 0 aromatic rings. The Balaban J connectivity index is 2.48. The summed E-state index contributed by atoms with van der Waals surface area (Å²) in [7, 11) is 0. The summed E-state index contributed by atoms with van der Waals surface area (Å²) in [6, 6.07) is 2.31. The van der Waals surface area contributed by atoms with E-state index < -0.39 is 5.54 Å². The summed E-state index contributed by atoms with van der Waals surface area (Å²) in [5.74, 6) is 0.729. The third kappa shape index (κ3) is 3.52. The highest BCUT2D eigenvalue weighted by Gasteiger charge is 2.35. The molecule has 16 heavy (non-hydrogen) atoms. The number of carbonyl (C=O) groups excluding carboxylic acids is 1. The van der Waals surface area contributed by atoms with E-state index in [9.17, 15) is 10.1 Å². The summed E-state index contributed by atoms with van der Waals surface area (Å²) in [6.45, 7) is 4.27. The number of rotatable bonds is 4. The molecule has 1 saturated carbocycles. The minimum Gasteiger partial charge on any atom is -0.338 e. The number of carbonyl (C=O) groups is 1. The van der Waals surface area contributed by atoms with Gasteiger partial charge in [-0.05, 0) is 38.0 Å². The van der Waals surface area contributed by atoms with Crippen molar-refractivity contribution in [3.05, 3.63) is 0 Å². The molecule has 0 aliphatic heterocycles. The monoisotopic (exact) mass is 222 g/mol. The lowest BCUT2D eigenvalue weighted by Gasteiger charge is -2.34. The van der Waals surface area contributed by atoms with Crippen molar-refractivity contribution in [2.75, 3.05) is 0 Å². The van der Waals surface area contributed by atoms with Crippen LogP contribution in [-0.4, -0.2) is 11.4 Å². The van der Waals surface area contributed by atoms with Crippen LogP contribution in [-0.2, 0) is 4.79 Å². The first-order valence-corrected chi connectivity index (χ1v) is 6.34. The second kappa shape index (κ2) is 5.89. The van der Waals surface area contributed by atoms with Gasteiger partial charge in [0.25, 0.3) is 0 Å². The average molecular weight is 222 g/mol. The van der Waals surface area contributed by atoms with Crippen molar-refractivity contribution in [1.82, 2.24) is 5.32 Å². The van der Waals surface area contributed by atoms with E-state index in [2.05, 4.69) is 25.2 Å². The average Bonchev–Trinajstić information content (AvgIpc) is 2.30. The van der Waals surface area contributed by atoms with Gasteiger partial charge in [-0.2, -0.15) is 5.26 Å². The van der Waals surface area contributed by atoms with Crippen LogP contribution in [0.3, 0.4) is 0 Å². The van der Waals surface area contributed by atoms with Crippen molar-refractivity contribution in [2.24, 2.45) is 5.92 Å². The second-order valence-electron chi connectivity index (χ2n) is 5.03. The normalized spacial score (nSPS) is 29.4. The van der Waals surface area contributed by atoms with Gasteiger partial charge in [-0.15, -0.1) is 0 Å². The van der Waals surface area contributed by atoms with E-state index in [4.69, 9.17) is 0 Å². The van der Waals surface area contributed by atoms with Crippen molar-refractivity contribution >= 4 is 5.91 Å². The molecule has 0 spiro atoms. The van der Waals surface area contributed by atoms with Gasteiger partial charge in [0.05, 0.1) is 6.07 Å². The first kappa shape index (κ1) is 13.0. The van der Waals surface area contributed by atoms with Crippen LogP contribution in [0.4, 0.5) is 0 Å². The Bertz CT molecular complexity index is 272. The molecule has 3 nitrogen and oxygen atoms in total. The Morgan fingerprint density at radius 2 is 2.12 bits per heavy atom. The number of nitrogens with one attached hydrogen (secondary N) is 1. The van der Waals surface area contributed by atoms with Crippen LogP contribution in [0.5, 0.6) is 0 Å². The number of amides is 1. The number of nitrogens with zero attached hydrogens (tertiary/aromatic N) is 1. The van der Waals surface area contributed by atoms with E-state index in [1.54, 1.807) is 0 Å². The number of unbranched alkanes of at least 4 members (excludes halogenated alkanes) is 1. The van der Waals surface area contributed by atoms with Crippen LogP contribution in [0.25, 0.3) is 0 Å². The van der Waals surface area contributed by atoms with E-state index >= 15 is 0 Å². The maximum absolute atomic E-state index is 11.7. The molecule has 0 aromatic carbocycles. The van der Waals surface area contributed by atoms with Crippen molar-refractivity contribution in [2.45, 2.75) is 64.3 Å². The van der Waals surface area contributed by atoms with Gasteiger partial charge in [0.1, 0.15) is 5.54 Å². The number of nitriles is 1. The standard InChI is InChI=1S/C13H22N2O/c1-3-4-5-12(16)15-13(10-14)8-6-11(2)7-9-13/h11H,3-9H2,1-2H3,(H,15,16). The fraction of sp³-hybridized carbons (Fsp3) is 0.846. The molecule has 1 fully saturated rings. The zero-order valence-electron chi connectivity index (χ0n) is 10.4. The SMILES string of the molecule is CCCCC(=O)NC1(C#N)CCC(C)CC1. The minimum absolute atomic E-state index is 0.0398. The van der Waals surface area contributed by atoms with Gasteiger partial charge in [0, 0.05) is 6.42 Å². The molecule has 0 bridgehead atoms. The lowest BCUT2D eigenvalue weighted by atomic mass is 9.78. The topological polar surface area (TPSA) is 52.9 Å². The Morgan fingerprint density at radius 3 is 2.62 bits per heavy atom. The molecule has 1 aliphatic carbocycles. The number of hydrogen-bond donors (Lipinski definition) is 1. The van der Waals surface area contributed by atoms with Crippen molar-refractivity contribution in [3.8, 4) is 6.07 Å². The molecule has 0 radical (unpaired) electrons. The van der Waals surface area contributed by atoms with E-state index in [1.165, 1.54) is 0 Å². The Morgan fingerprint density at radius 1 is 1.50 bits per heavy atom. The summed E-state index contributed by atoms with van der Waals surface area (Å²) in [5, 5.41) is 12.2. The van der Waals surface area contributed by atoms with E-state index in [0.717, 1.165) is 38.5 Å². The third-order valence-electron chi connectivity index (χ3n) is 3.48. The van der Waals surface area contributed by atoms with Crippen LogP contribution in [0.2, 0.25) is 0 Å². The minimum atomic E-state index is -0.572. The van der Waals surface area contributed by atoms with Crippen LogP contribution in [0.1, 0.15) is 58.8 Å². The highest BCUT2D eigenvalue weighted by Crippen LogP contribution is 2.31. The molecule has 0 saturated heterocycles. The smallest absolute Gasteiger partial charge is 0.221 e. The molecule has 1 amide bonds. The lowest BCUT2D eigenvalue weighted by molar-refractivity contribution is -0.122. The van der Waals surface area contributed by atoms with Crippen LogP contribution < -0.4 is 5.32 Å². The summed E-state index contributed by atoms with van der Waals surface area (Å²) >= 11 is 0. The third-order valence-corrected chi connectivity index (χ3v) is 3.48. The van der Waals surface area contributed by atoms with E-state index in [0.29, 0.717) is 12.3 Å². The largest absolute Gasteiger partial charge is 0.338 e. The maximum atomic E-state index is 11.7. The molecule has 3 heteroatoms. The Labute approximate surface area is 98.2 Å². The van der Waals surface area contributed by atoms with E-state index in [1.807, 2.05) is 0 Å². The van der Waals surface area contributed by atoms with Gasteiger partial charge in [0.2, 0.25) is 5.91 Å². The molecule has 0 aromatic heterocycles. The first-order chi connectivity index (χ1) is 7.62. The molecule has 1 aliphatic rings. The van der Waals surface area contributed by atoms with Crippen molar-refractivity contribution in [1.29, 1.82) is 5.26 Å². The Hall–Kier alpha value is -1.04. The molecular weight excluding hydrogens is 200 g/mol. The summed E-state index contributed by atoms with van der Waals surface area (Å²) < 4.78 is 0. The van der Waals surface area contributed by atoms with Crippen LogP contribution in [0, 0.1) is 17.2 Å². The quantitative estimate of drug-likeness (QED) is 0.795. The molecule has 90 valence electrons. The van der Waals surface area contributed by atoms with Gasteiger partial charge >= 0.3 is 0 Å². The van der Waals surface area contributed by atoms with Crippen molar-refractivity contribution < 1.29 is 4.79 Å². The van der Waals surface area contributed by atoms with Crippen LogP contribution in [0.15, 0.2) is 0 Å². The molecule has 0 heterocycles. The van der Waals surface area contributed by atoms with Gasteiger partial charge in [-0.3, -0.25) is 4.79 Å². The number of hydrogen-bond acceptors (Lipinski definition) is 2. The molecular formula is C13H22N2O. The predicted molar refractivity (Wildman–Crippen MR) is 63.6 cm³/mol. The summed E-state index contributed by atoms with van der Waals surface area (Å²) in [6.07, 6.45) is 6.18. The highest BCUT2D eigenvalue weighted by atomic mass is 16.1. The molecule has 0 unspecified atom stereocenters. The van der Waals surface area contributed by atoms with Gasteiger partial charge in [-0.1, -0.05) is 20.3 Å². The molecule has 1 N–H and O–H groups in total. The molecule has 1 rings (SSSR count). The zero-order chi connectivity index (χ0) is 12.0. The summed E-state index contributed by atoms with van der Waals surface area (Å²) in [4.78, 5) is 11.7. The van der Waals surface area contributed by atoms with Crippen LogP contribution >= 0.6 is 0 Å².